The maximum absolute atomic E-state index is 3.54. The lowest BCUT2D eigenvalue weighted by molar-refractivity contribution is 0.386. The third-order valence-electron chi connectivity index (χ3n) is 4.76. The van der Waals surface area contributed by atoms with Gasteiger partial charge in [0.05, 0.1) is 0 Å². The van der Waals surface area contributed by atoms with Crippen LogP contribution in [0.15, 0.2) is 54.6 Å². The van der Waals surface area contributed by atoms with Gasteiger partial charge in [-0.25, -0.2) is 0 Å². The van der Waals surface area contributed by atoms with Gasteiger partial charge in [0.2, 0.25) is 0 Å². The van der Waals surface area contributed by atoms with E-state index in [0.29, 0.717) is 6.04 Å². The summed E-state index contributed by atoms with van der Waals surface area (Å²) in [6.07, 6.45) is 1.25. The van der Waals surface area contributed by atoms with Crippen molar-refractivity contribution < 1.29 is 0 Å². The summed E-state index contributed by atoms with van der Waals surface area (Å²) in [4.78, 5) is 0. The molecule has 1 nitrogen and oxygen atoms in total. The van der Waals surface area contributed by atoms with E-state index in [4.69, 9.17) is 0 Å². The van der Waals surface area contributed by atoms with Crippen LogP contribution < -0.4 is 5.32 Å². The number of halogens is 1. The first-order chi connectivity index (χ1) is 9.92. The Hall–Kier alpha value is -1.83. The molecule has 5 rings (SSSR count). The van der Waals surface area contributed by atoms with E-state index < -0.39 is 0 Å². The van der Waals surface area contributed by atoms with Crippen LogP contribution >= 0.6 is 12.4 Å². The molecule has 0 spiro atoms. The lowest BCUT2D eigenvalue weighted by atomic mass is 9.87. The van der Waals surface area contributed by atoms with Gasteiger partial charge in [0.15, 0.2) is 0 Å². The molecule has 0 unspecified atom stereocenters. The number of benzene rings is 4. The minimum absolute atomic E-state index is 0. The van der Waals surface area contributed by atoms with E-state index in [2.05, 4.69) is 59.9 Å². The Kier molecular flexibility index (Phi) is 2.81. The molecule has 0 saturated carbocycles. The van der Waals surface area contributed by atoms with Crippen LogP contribution in [0.2, 0.25) is 0 Å². The summed E-state index contributed by atoms with van der Waals surface area (Å²) in [6, 6.07) is 20.8. The Morgan fingerprint density at radius 1 is 0.762 bits per heavy atom. The number of nitrogens with one attached hydrogen (secondary N) is 1. The fourth-order valence-electron chi connectivity index (χ4n) is 3.62. The number of hydrogen-bond acceptors (Lipinski definition) is 1. The van der Waals surface area contributed by atoms with Crippen LogP contribution in [0.1, 0.15) is 18.0 Å². The van der Waals surface area contributed by atoms with Gasteiger partial charge in [-0.05, 0) is 50.8 Å². The fourth-order valence-corrected chi connectivity index (χ4v) is 3.62. The summed E-state index contributed by atoms with van der Waals surface area (Å²) < 4.78 is 0. The minimum Gasteiger partial charge on any atom is -0.310 e. The van der Waals surface area contributed by atoms with Gasteiger partial charge in [0, 0.05) is 6.04 Å². The molecule has 4 aromatic rings. The molecule has 0 radical (unpaired) electrons. The van der Waals surface area contributed by atoms with Crippen molar-refractivity contribution in [3.8, 4) is 0 Å². The van der Waals surface area contributed by atoms with Gasteiger partial charge in [-0.1, -0.05) is 54.6 Å². The van der Waals surface area contributed by atoms with Crippen LogP contribution in [0.3, 0.4) is 0 Å². The van der Waals surface area contributed by atoms with Gasteiger partial charge in [-0.2, -0.15) is 0 Å². The smallest absolute Gasteiger partial charge is 0.0338 e. The van der Waals surface area contributed by atoms with Crippen molar-refractivity contribution >= 4 is 44.7 Å². The predicted molar refractivity (Wildman–Crippen MR) is 92.8 cm³/mol. The SMILES string of the molecule is Cl.c1cc2ccc3ccc([C@@H]4CCN4)c4ccc(c1)c2c34. The lowest BCUT2D eigenvalue weighted by Gasteiger charge is -2.29. The lowest BCUT2D eigenvalue weighted by Crippen LogP contribution is -2.35. The summed E-state index contributed by atoms with van der Waals surface area (Å²) in [5.41, 5.74) is 1.46. The van der Waals surface area contributed by atoms with Crippen LogP contribution in [-0.2, 0) is 0 Å². The normalized spacial score (nSPS) is 18.0. The Labute approximate surface area is 129 Å². The third-order valence-corrected chi connectivity index (χ3v) is 4.76. The van der Waals surface area contributed by atoms with Crippen molar-refractivity contribution in [2.24, 2.45) is 0 Å². The van der Waals surface area contributed by atoms with Crippen LogP contribution in [-0.4, -0.2) is 6.54 Å². The van der Waals surface area contributed by atoms with Crippen molar-refractivity contribution in [1.29, 1.82) is 0 Å². The topological polar surface area (TPSA) is 12.0 Å². The van der Waals surface area contributed by atoms with Crippen LogP contribution in [0.5, 0.6) is 0 Å². The average Bonchev–Trinajstić information content (AvgIpc) is 2.44. The second-order valence-corrected chi connectivity index (χ2v) is 5.81. The molecule has 4 aromatic carbocycles. The highest BCUT2D eigenvalue weighted by molar-refractivity contribution is 6.23. The molecule has 0 aromatic heterocycles. The van der Waals surface area contributed by atoms with Crippen molar-refractivity contribution in [3.05, 3.63) is 60.2 Å². The Balaban J connectivity index is 0.00000115. The molecule has 1 N–H and O–H groups in total. The van der Waals surface area contributed by atoms with E-state index >= 15 is 0 Å². The second-order valence-electron chi connectivity index (χ2n) is 5.81. The monoisotopic (exact) mass is 293 g/mol. The summed E-state index contributed by atoms with van der Waals surface area (Å²) in [6.45, 7) is 1.15. The first kappa shape index (κ1) is 12.9. The van der Waals surface area contributed by atoms with Gasteiger partial charge in [-0.3, -0.25) is 0 Å². The van der Waals surface area contributed by atoms with Crippen molar-refractivity contribution in [3.63, 3.8) is 0 Å². The number of rotatable bonds is 1. The van der Waals surface area contributed by atoms with E-state index in [1.165, 1.54) is 44.3 Å². The molecule has 1 aliphatic heterocycles. The summed E-state index contributed by atoms with van der Waals surface area (Å²) in [5.74, 6) is 0. The van der Waals surface area contributed by atoms with Crippen molar-refractivity contribution in [1.82, 2.24) is 5.32 Å². The quantitative estimate of drug-likeness (QED) is 0.485. The highest BCUT2D eigenvalue weighted by Gasteiger charge is 2.21. The van der Waals surface area contributed by atoms with Gasteiger partial charge in [0.1, 0.15) is 0 Å². The maximum Gasteiger partial charge on any atom is 0.0338 e. The largest absolute Gasteiger partial charge is 0.310 e. The zero-order valence-corrected chi connectivity index (χ0v) is 12.4. The zero-order chi connectivity index (χ0) is 13.1. The molecule has 0 aliphatic carbocycles. The molecular weight excluding hydrogens is 278 g/mol. The summed E-state index contributed by atoms with van der Waals surface area (Å²) in [7, 11) is 0. The predicted octanol–water partition coefficient (Wildman–Crippen LogP) is 5.04. The van der Waals surface area contributed by atoms with Gasteiger partial charge in [-0.15, -0.1) is 12.4 Å². The van der Waals surface area contributed by atoms with E-state index in [-0.39, 0.29) is 12.4 Å². The molecule has 1 atom stereocenters. The van der Waals surface area contributed by atoms with Gasteiger partial charge >= 0.3 is 0 Å². The van der Waals surface area contributed by atoms with E-state index in [9.17, 15) is 0 Å². The zero-order valence-electron chi connectivity index (χ0n) is 11.6. The van der Waals surface area contributed by atoms with Crippen LogP contribution in [0.25, 0.3) is 32.3 Å². The van der Waals surface area contributed by atoms with Crippen molar-refractivity contribution in [2.75, 3.05) is 6.54 Å². The van der Waals surface area contributed by atoms with Gasteiger partial charge in [0.25, 0.3) is 0 Å². The molecule has 21 heavy (non-hydrogen) atoms. The minimum atomic E-state index is 0. The standard InChI is InChI=1S/C19H15N.ClH/c1-2-12-4-5-14-6-8-15(17-10-11-20-17)16-9-7-13(3-1)18(12)19(14)16;/h1-9,17,20H,10-11H2;1H/t17-;/m0./s1. The second kappa shape index (κ2) is 4.59. The Morgan fingerprint density at radius 2 is 1.38 bits per heavy atom. The van der Waals surface area contributed by atoms with E-state index in [0.717, 1.165) is 6.54 Å². The fraction of sp³-hybridized carbons (Fsp3) is 0.158. The third kappa shape index (κ3) is 1.68. The Bertz CT molecular complexity index is 924. The first-order valence-corrected chi connectivity index (χ1v) is 7.32. The molecule has 1 fully saturated rings. The van der Waals surface area contributed by atoms with Crippen LogP contribution in [0, 0.1) is 0 Å². The average molecular weight is 294 g/mol. The molecular formula is C19H16ClN. The molecule has 2 heteroatoms. The van der Waals surface area contributed by atoms with Crippen molar-refractivity contribution in [2.45, 2.75) is 12.5 Å². The molecule has 0 amide bonds. The maximum atomic E-state index is 3.54. The number of hydrogen-bond donors (Lipinski definition) is 1. The molecule has 1 heterocycles. The van der Waals surface area contributed by atoms with E-state index in [1.54, 1.807) is 0 Å². The van der Waals surface area contributed by atoms with E-state index in [1.807, 2.05) is 0 Å². The highest BCUT2D eigenvalue weighted by atomic mass is 35.5. The summed E-state index contributed by atoms with van der Waals surface area (Å²) >= 11 is 0. The molecule has 1 aliphatic rings. The van der Waals surface area contributed by atoms with Gasteiger partial charge < -0.3 is 5.32 Å². The molecule has 0 bridgehead atoms. The Morgan fingerprint density at radius 3 is 2.05 bits per heavy atom. The molecule has 104 valence electrons. The first-order valence-electron chi connectivity index (χ1n) is 7.32. The van der Waals surface area contributed by atoms with Crippen LogP contribution in [0.4, 0.5) is 0 Å². The highest BCUT2D eigenvalue weighted by Crippen LogP contribution is 2.38. The summed E-state index contributed by atoms with van der Waals surface area (Å²) in [5, 5.41) is 11.9. The molecule has 1 saturated heterocycles.